The van der Waals surface area contributed by atoms with Crippen molar-refractivity contribution in [2.24, 2.45) is 7.05 Å². The molecule has 2 aromatic rings. The van der Waals surface area contributed by atoms with E-state index in [1.165, 1.54) is 14.0 Å². The summed E-state index contributed by atoms with van der Waals surface area (Å²) in [4.78, 5) is 0. The summed E-state index contributed by atoms with van der Waals surface area (Å²) in [7, 11) is 1.39. The van der Waals surface area contributed by atoms with E-state index in [-0.39, 0.29) is 23.0 Å². The number of hydrogen-bond donors (Lipinski definition) is 0. The number of aromatic nitrogens is 1. The number of benzene rings is 1. The van der Waals surface area contributed by atoms with Gasteiger partial charge in [0.1, 0.15) is 8.42 Å². The summed E-state index contributed by atoms with van der Waals surface area (Å²) in [5.41, 5.74) is -0.569. The van der Waals surface area contributed by atoms with Crippen LogP contribution in [0.15, 0.2) is 42.4 Å². The van der Waals surface area contributed by atoms with Gasteiger partial charge in [0.15, 0.2) is 6.17 Å². The van der Waals surface area contributed by atoms with Gasteiger partial charge in [-0.05, 0) is 31.4 Å². The first-order chi connectivity index (χ1) is 11.3. The second kappa shape index (κ2) is 3.85. The van der Waals surface area contributed by atoms with Crippen molar-refractivity contribution in [1.29, 1.82) is 0 Å². The molecule has 1 heterocycles. The van der Waals surface area contributed by atoms with E-state index in [2.05, 4.69) is 0 Å². The molecule has 0 atom stereocenters. The standard InChI is InChI=1S/C14H16N/c1-11-7-8-13(12(2)10-11)14-6-4-5-9-15(14)3/h4-10H,1-3H3/q+1/i1D3,4D,5D,6D,7D,8D,9D,10D. The van der Waals surface area contributed by atoms with Gasteiger partial charge in [0.2, 0.25) is 5.69 Å². The summed E-state index contributed by atoms with van der Waals surface area (Å²) in [6, 6.07) is -2.92. The van der Waals surface area contributed by atoms with E-state index >= 15 is 0 Å². The van der Waals surface area contributed by atoms with Crippen molar-refractivity contribution >= 4 is 0 Å². The third-order valence-electron chi connectivity index (χ3n) is 2.04. The maximum absolute atomic E-state index is 8.19. The first kappa shape index (κ1) is 3.44. The SMILES string of the molecule is [2H]c1c([2H])c([2H])[n+](C)c(-c2c([2H])c([2H])c(C([2H])([2H])[2H])c([2H])c2C)c1[2H]. The van der Waals surface area contributed by atoms with E-state index in [0.29, 0.717) is 0 Å². The van der Waals surface area contributed by atoms with Crippen LogP contribution in [0.5, 0.6) is 0 Å². The van der Waals surface area contributed by atoms with Crippen LogP contribution in [0.1, 0.15) is 24.8 Å². The van der Waals surface area contributed by atoms with Crippen LogP contribution < -0.4 is 4.57 Å². The third kappa shape index (κ3) is 1.91. The quantitative estimate of drug-likeness (QED) is 0.635. The average Bonchev–Trinajstić information content (AvgIpc) is 2.51. The summed E-state index contributed by atoms with van der Waals surface area (Å²) in [5.74, 6) is 0. The van der Waals surface area contributed by atoms with Gasteiger partial charge in [-0.25, -0.2) is 4.57 Å². The molecule has 0 aliphatic carbocycles. The van der Waals surface area contributed by atoms with Crippen LogP contribution >= 0.6 is 0 Å². The molecule has 0 radical (unpaired) electrons. The monoisotopic (exact) mass is 208 g/mol. The Morgan fingerprint density at radius 3 is 2.93 bits per heavy atom. The van der Waals surface area contributed by atoms with Crippen molar-refractivity contribution < 1.29 is 18.3 Å². The van der Waals surface area contributed by atoms with E-state index in [4.69, 9.17) is 13.7 Å². The Labute approximate surface area is 105 Å². The molecule has 15 heavy (non-hydrogen) atoms. The van der Waals surface area contributed by atoms with Crippen LogP contribution in [0.25, 0.3) is 11.3 Å². The molecule has 0 aliphatic heterocycles. The smallest absolute Gasteiger partial charge is 0.201 e. The topological polar surface area (TPSA) is 3.88 Å². The van der Waals surface area contributed by atoms with Gasteiger partial charge in [-0.2, -0.15) is 0 Å². The summed E-state index contributed by atoms with van der Waals surface area (Å²) >= 11 is 0. The molecule has 2 rings (SSSR count). The van der Waals surface area contributed by atoms with Gasteiger partial charge in [0.05, 0.1) is 8.22 Å². The highest BCUT2D eigenvalue weighted by Crippen LogP contribution is 2.20. The first-order valence-electron chi connectivity index (χ1n) is 9.39. The van der Waals surface area contributed by atoms with Crippen molar-refractivity contribution in [2.75, 3.05) is 0 Å². The zero-order chi connectivity index (χ0) is 19.4. The maximum atomic E-state index is 8.19. The molecule has 0 bridgehead atoms. The summed E-state index contributed by atoms with van der Waals surface area (Å²) in [6.45, 7) is -1.32. The van der Waals surface area contributed by atoms with E-state index in [9.17, 15) is 0 Å². The molecule has 0 spiro atoms. The molecule has 76 valence electrons. The summed E-state index contributed by atoms with van der Waals surface area (Å²) in [6.07, 6.45) is -0.354. The third-order valence-corrected chi connectivity index (χ3v) is 2.04. The Bertz CT molecular complexity index is 827. The summed E-state index contributed by atoms with van der Waals surface area (Å²) < 4.78 is 79.4. The highest BCUT2D eigenvalue weighted by molar-refractivity contribution is 5.61. The lowest BCUT2D eigenvalue weighted by molar-refractivity contribution is -0.660. The number of nitrogens with zero attached hydrogens (tertiary/aromatic N) is 1. The second-order valence-corrected chi connectivity index (χ2v) is 3.14. The molecule has 1 nitrogen and oxygen atoms in total. The van der Waals surface area contributed by atoms with Gasteiger partial charge in [-0.1, -0.05) is 17.6 Å². The van der Waals surface area contributed by atoms with Gasteiger partial charge in [-0.3, -0.25) is 0 Å². The Balaban J connectivity index is 3.03. The van der Waals surface area contributed by atoms with Crippen molar-refractivity contribution in [3.63, 3.8) is 0 Å². The lowest BCUT2D eigenvalue weighted by atomic mass is 10.0. The molecular weight excluding hydrogens is 182 g/mol. The minimum absolute atomic E-state index is 0.0440. The Morgan fingerprint density at radius 1 is 1.27 bits per heavy atom. The van der Waals surface area contributed by atoms with Gasteiger partial charge in [-0.15, -0.1) is 0 Å². The van der Waals surface area contributed by atoms with Crippen LogP contribution in [0.4, 0.5) is 0 Å². The number of hydrogen-bond acceptors (Lipinski definition) is 0. The molecular formula is C14H16N+. The highest BCUT2D eigenvalue weighted by atomic mass is 14.9. The highest BCUT2D eigenvalue weighted by Gasteiger charge is 2.10. The van der Waals surface area contributed by atoms with Gasteiger partial charge >= 0.3 is 0 Å². The van der Waals surface area contributed by atoms with Crippen LogP contribution in [0, 0.1) is 13.8 Å². The normalized spacial score (nSPS) is 20.7. The number of rotatable bonds is 1. The van der Waals surface area contributed by atoms with E-state index in [1.54, 1.807) is 0 Å². The average molecular weight is 208 g/mol. The minimum Gasteiger partial charge on any atom is -0.201 e. The molecule has 0 fully saturated rings. The second-order valence-electron chi connectivity index (χ2n) is 3.14. The molecule has 0 amide bonds. The van der Waals surface area contributed by atoms with Gasteiger partial charge < -0.3 is 0 Å². The van der Waals surface area contributed by atoms with E-state index in [0.717, 1.165) is 4.57 Å². The minimum atomic E-state index is -2.73. The lowest BCUT2D eigenvalue weighted by Gasteiger charge is -2.04. The summed E-state index contributed by atoms with van der Waals surface area (Å²) in [5, 5.41) is 0. The zero-order valence-electron chi connectivity index (χ0n) is 18.4. The predicted octanol–water partition coefficient (Wildman–Crippen LogP) is 2.79. The Hall–Kier alpha value is -1.63. The van der Waals surface area contributed by atoms with Crippen molar-refractivity contribution in [2.45, 2.75) is 13.8 Å². The maximum Gasteiger partial charge on any atom is 0.212 e. The molecule has 0 unspecified atom stereocenters. The fraction of sp³-hybridized carbons (Fsp3) is 0.214. The zero-order valence-corrected chi connectivity index (χ0v) is 8.45. The Kier molecular flexibility index (Phi) is 0.885. The largest absolute Gasteiger partial charge is 0.212 e. The fourth-order valence-electron chi connectivity index (χ4n) is 1.31. The molecule has 1 heteroatoms. The molecule has 0 saturated carbocycles. The molecule has 1 aromatic heterocycles. The lowest BCUT2D eigenvalue weighted by Crippen LogP contribution is -2.30. The molecule has 0 aliphatic rings. The fourth-order valence-corrected chi connectivity index (χ4v) is 1.31. The first-order valence-corrected chi connectivity index (χ1v) is 4.39. The van der Waals surface area contributed by atoms with Crippen molar-refractivity contribution in [3.8, 4) is 11.3 Å². The van der Waals surface area contributed by atoms with Gasteiger partial charge in [0.25, 0.3) is 0 Å². The molecule has 1 aromatic carbocycles. The van der Waals surface area contributed by atoms with E-state index in [1.807, 2.05) is 0 Å². The van der Waals surface area contributed by atoms with Crippen molar-refractivity contribution in [1.82, 2.24) is 0 Å². The number of pyridine rings is 1. The predicted molar refractivity (Wildman–Crippen MR) is 62.5 cm³/mol. The van der Waals surface area contributed by atoms with Crippen LogP contribution in [0.3, 0.4) is 0 Å². The van der Waals surface area contributed by atoms with Gasteiger partial charge in [0, 0.05) is 21.8 Å². The molecule has 0 saturated heterocycles. The van der Waals surface area contributed by atoms with Crippen LogP contribution in [-0.4, -0.2) is 0 Å². The molecule has 0 N–H and O–H groups in total. The van der Waals surface area contributed by atoms with Crippen LogP contribution in [0.2, 0.25) is 0 Å². The Morgan fingerprint density at radius 2 is 2.13 bits per heavy atom. The van der Waals surface area contributed by atoms with E-state index < -0.39 is 48.7 Å². The van der Waals surface area contributed by atoms with Crippen LogP contribution in [-0.2, 0) is 7.05 Å². The van der Waals surface area contributed by atoms with Crippen molar-refractivity contribution in [3.05, 3.63) is 53.6 Å².